The van der Waals surface area contributed by atoms with E-state index in [0.717, 1.165) is 0 Å². The van der Waals surface area contributed by atoms with E-state index in [9.17, 15) is 8.42 Å². The first-order valence-electron chi connectivity index (χ1n) is 5.93. The van der Waals surface area contributed by atoms with Gasteiger partial charge in [0.2, 0.25) is 0 Å². The maximum Gasteiger partial charge on any atom is 0.260 e. The third-order valence-electron chi connectivity index (χ3n) is 2.68. The molecule has 2 aromatic rings. The van der Waals surface area contributed by atoms with Crippen LogP contribution in [0.3, 0.4) is 0 Å². The topological polar surface area (TPSA) is 79.0 Å². The Morgan fingerprint density at radius 1 is 1.26 bits per heavy atom. The van der Waals surface area contributed by atoms with Gasteiger partial charge in [-0.2, -0.15) is 9.40 Å². The van der Waals surface area contributed by atoms with Crippen LogP contribution in [0.25, 0.3) is 0 Å². The first-order valence-corrected chi connectivity index (χ1v) is 7.37. The Bertz CT molecular complexity index is 608. The lowest BCUT2D eigenvalue weighted by Crippen LogP contribution is -2.36. The maximum atomic E-state index is 12.5. The van der Waals surface area contributed by atoms with Crippen molar-refractivity contribution in [2.24, 2.45) is 0 Å². The smallest absolute Gasteiger partial charge is 0.260 e. The second-order valence-electron chi connectivity index (χ2n) is 4.39. The second-order valence-corrected chi connectivity index (χ2v) is 6.24. The highest BCUT2D eigenvalue weighted by Gasteiger charge is 2.28. The number of rotatable bonds is 5. The Labute approximate surface area is 112 Å². The fraction of sp³-hybridized carbons (Fsp3) is 0.333. The predicted octanol–water partition coefficient (Wildman–Crippen LogP) is 1.40. The molecule has 0 spiro atoms. The van der Waals surface area contributed by atoms with Gasteiger partial charge in [0, 0.05) is 12.2 Å². The number of aromatic nitrogens is 3. The number of aromatic amines is 1. The molecular formula is C12H16N4O2S. The summed E-state index contributed by atoms with van der Waals surface area (Å²) in [6, 6.07) is 6.72. The summed E-state index contributed by atoms with van der Waals surface area (Å²) in [4.78, 5) is 4.16. The fourth-order valence-corrected chi connectivity index (χ4v) is 3.22. The van der Waals surface area contributed by atoms with Gasteiger partial charge in [-0.05, 0) is 32.0 Å². The number of nitrogens with zero attached hydrogens (tertiary/aromatic N) is 3. The van der Waals surface area contributed by atoms with Crippen LogP contribution < -0.4 is 0 Å². The molecule has 0 aliphatic carbocycles. The van der Waals surface area contributed by atoms with Crippen molar-refractivity contribution in [3.63, 3.8) is 0 Å². The van der Waals surface area contributed by atoms with Gasteiger partial charge in [-0.1, -0.05) is 6.07 Å². The molecule has 0 aromatic carbocycles. The largest absolute Gasteiger partial charge is 0.266 e. The lowest BCUT2D eigenvalue weighted by atomic mass is 10.3. The summed E-state index contributed by atoms with van der Waals surface area (Å²) < 4.78 is 26.3. The van der Waals surface area contributed by atoms with Crippen molar-refractivity contribution < 1.29 is 8.42 Å². The van der Waals surface area contributed by atoms with E-state index in [1.165, 1.54) is 16.6 Å². The highest BCUT2D eigenvalue weighted by molar-refractivity contribution is 7.89. The normalized spacial score (nSPS) is 12.2. The van der Waals surface area contributed by atoms with E-state index in [2.05, 4.69) is 15.2 Å². The van der Waals surface area contributed by atoms with E-state index >= 15 is 0 Å². The lowest BCUT2D eigenvalue weighted by molar-refractivity contribution is 0.343. The number of pyridine rings is 1. The van der Waals surface area contributed by atoms with Crippen LogP contribution in [0.15, 0.2) is 41.7 Å². The molecule has 0 atom stereocenters. The van der Waals surface area contributed by atoms with Gasteiger partial charge in [-0.15, -0.1) is 0 Å². The number of nitrogens with one attached hydrogen (secondary N) is 1. The average Bonchev–Trinajstić information content (AvgIpc) is 2.91. The van der Waals surface area contributed by atoms with Crippen LogP contribution in [-0.2, 0) is 16.6 Å². The van der Waals surface area contributed by atoms with Crippen LogP contribution in [0.2, 0.25) is 0 Å². The van der Waals surface area contributed by atoms with Gasteiger partial charge < -0.3 is 0 Å². The maximum absolute atomic E-state index is 12.5. The van der Waals surface area contributed by atoms with Crippen molar-refractivity contribution in [3.8, 4) is 0 Å². The predicted molar refractivity (Wildman–Crippen MR) is 70.7 cm³/mol. The monoisotopic (exact) mass is 280 g/mol. The van der Waals surface area contributed by atoms with Crippen molar-refractivity contribution in [3.05, 3.63) is 42.4 Å². The Kier molecular flexibility index (Phi) is 3.96. The average molecular weight is 280 g/mol. The molecule has 6 nitrogen and oxygen atoms in total. The Morgan fingerprint density at radius 2 is 2.05 bits per heavy atom. The molecule has 2 rings (SSSR count). The van der Waals surface area contributed by atoms with Gasteiger partial charge in [0.25, 0.3) is 10.0 Å². The number of sulfonamides is 1. The molecule has 1 N–H and O–H groups in total. The number of hydrogen-bond acceptors (Lipinski definition) is 4. The molecule has 0 fully saturated rings. The second kappa shape index (κ2) is 5.50. The molecule has 2 heterocycles. The standard InChI is InChI=1S/C12H16N4O2S/c1-10(2)16(9-11-5-3-4-7-13-11)19(17,18)12-6-8-14-15-12/h3-8,10H,9H2,1-2H3,(H,14,15). The third-order valence-corrected chi connectivity index (χ3v) is 4.63. The highest BCUT2D eigenvalue weighted by Crippen LogP contribution is 2.18. The van der Waals surface area contributed by atoms with Gasteiger partial charge >= 0.3 is 0 Å². The molecule has 102 valence electrons. The van der Waals surface area contributed by atoms with Crippen molar-refractivity contribution in [1.82, 2.24) is 19.5 Å². The minimum Gasteiger partial charge on any atom is -0.266 e. The van der Waals surface area contributed by atoms with Crippen LogP contribution in [0.5, 0.6) is 0 Å². The molecule has 7 heteroatoms. The van der Waals surface area contributed by atoms with Gasteiger partial charge in [0.1, 0.15) is 0 Å². The van der Waals surface area contributed by atoms with E-state index in [1.807, 2.05) is 19.9 Å². The van der Waals surface area contributed by atoms with Crippen molar-refractivity contribution >= 4 is 10.0 Å². The minimum absolute atomic E-state index is 0.0946. The number of H-pyrrole nitrogens is 1. The van der Waals surface area contributed by atoms with E-state index < -0.39 is 10.0 Å². The highest BCUT2D eigenvalue weighted by atomic mass is 32.2. The zero-order chi connectivity index (χ0) is 13.9. The molecule has 0 saturated carbocycles. The molecule has 0 saturated heterocycles. The van der Waals surface area contributed by atoms with E-state index in [4.69, 9.17) is 0 Å². The van der Waals surface area contributed by atoms with Gasteiger partial charge in [-0.3, -0.25) is 10.1 Å². The molecule has 0 bridgehead atoms. The zero-order valence-electron chi connectivity index (χ0n) is 10.8. The zero-order valence-corrected chi connectivity index (χ0v) is 11.6. The number of hydrogen-bond donors (Lipinski definition) is 1. The summed E-state index contributed by atoms with van der Waals surface area (Å²) in [5.41, 5.74) is 0.708. The van der Waals surface area contributed by atoms with E-state index in [1.54, 1.807) is 18.3 Å². The van der Waals surface area contributed by atoms with Crippen LogP contribution >= 0.6 is 0 Å². The van der Waals surface area contributed by atoms with Crippen molar-refractivity contribution in [2.75, 3.05) is 0 Å². The molecular weight excluding hydrogens is 264 g/mol. The summed E-state index contributed by atoms with van der Waals surface area (Å²) >= 11 is 0. The SMILES string of the molecule is CC(C)N(Cc1ccccn1)S(=O)(=O)c1ccn[nH]1. The minimum atomic E-state index is -3.58. The van der Waals surface area contributed by atoms with E-state index in [0.29, 0.717) is 5.69 Å². The van der Waals surface area contributed by atoms with E-state index in [-0.39, 0.29) is 17.6 Å². The van der Waals surface area contributed by atoms with Crippen molar-refractivity contribution in [2.45, 2.75) is 31.5 Å². The van der Waals surface area contributed by atoms with Gasteiger partial charge in [-0.25, -0.2) is 8.42 Å². The van der Waals surface area contributed by atoms with Crippen LogP contribution in [0.1, 0.15) is 19.5 Å². The van der Waals surface area contributed by atoms with Crippen LogP contribution in [0.4, 0.5) is 0 Å². The summed E-state index contributed by atoms with van der Waals surface area (Å²) in [7, 11) is -3.58. The molecule has 19 heavy (non-hydrogen) atoms. The summed E-state index contributed by atoms with van der Waals surface area (Å²) in [6.07, 6.45) is 3.07. The summed E-state index contributed by atoms with van der Waals surface area (Å²) in [6.45, 7) is 3.90. The van der Waals surface area contributed by atoms with Crippen LogP contribution in [0, 0.1) is 0 Å². The summed E-state index contributed by atoms with van der Waals surface area (Å²) in [5, 5.41) is 6.28. The molecule has 0 aliphatic heterocycles. The Balaban J connectivity index is 2.31. The Morgan fingerprint density at radius 3 is 2.58 bits per heavy atom. The Hall–Kier alpha value is -1.73. The van der Waals surface area contributed by atoms with Gasteiger partial charge in [0.15, 0.2) is 5.03 Å². The van der Waals surface area contributed by atoms with Crippen LogP contribution in [-0.4, -0.2) is 33.9 Å². The summed E-state index contributed by atoms with van der Waals surface area (Å²) in [5.74, 6) is 0. The fourth-order valence-electron chi connectivity index (χ4n) is 1.71. The molecule has 0 radical (unpaired) electrons. The first-order chi connectivity index (χ1) is 9.01. The molecule has 2 aromatic heterocycles. The van der Waals surface area contributed by atoms with Gasteiger partial charge in [0.05, 0.1) is 18.4 Å². The first kappa shape index (κ1) is 13.7. The molecule has 0 aliphatic rings. The molecule has 0 unspecified atom stereocenters. The quantitative estimate of drug-likeness (QED) is 0.898. The third kappa shape index (κ3) is 2.99. The molecule has 0 amide bonds. The van der Waals surface area contributed by atoms with Crippen molar-refractivity contribution in [1.29, 1.82) is 0 Å². The lowest BCUT2D eigenvalue weighted by Gasteiger charge is -2.24.